The van der Waals surface area contributed by atoms with Gasteiger partial charge < -0.3 is 4.90 Å². The van der Waals surface area contributed by atoms with E-state index in [1.807, 2.05) is 30.0 Å². The van der Waals surface area contributed by atoms with Gasteiger partial charge in [0.1, 0.15) is 0 Å². The Kier molecular flexibility index (Phi) is 6.94. The number of hydrogen-bond acceptors (Lipinski definition) is 1. The average Bonchev–Trinajstić information content (AvgIpc) is 2.37. The second-order valence-electron chi connectivity index (χ2n) is 4.00. The van der Waals surface area contributed by atoms with E-state index in [9.17, 15) is 4.79 Å². The van der Waals surface area contributed by atoms with E-state index >= 15 is 0 Å². The Morgan fingerprint density at radius 2 is 2.00 bits per heavy atom. The van der Waals surface area contributed by atoms with Crippen LogP contribution in [0.3, 0.4) is 0 Å². The van der Waals surface area contributed by atoms with Gasteiger partial charge in [-0.25, -0.2) is 0 Å². The van der Waals surface area contributed by atoms with E-state index in [4.69, 9.17) is 0 Å². The van der Waals surface area contributed by atoms with Crippen LogP contribution in [0, 0.1) is 0 Å². The first kappa shape index (κ1) is 14.2. The Morgan fingerprint density at radius 3 is 2.59 bits per heavy atom. The standard InChI is InChI=1S/C14H20BrNO/c1-2-16(12-11-15)14(17)10-6-9-13-7-4-3-5-8-13/h3-5,7-8H,2,6,9-12H2,1H3. The smallest absolute Gasteiger partial charge is 0.222 e. The number of carbonyl (C=O) groups excluding carboxylic acids is 1. The van der Waals surface area contributed by atoms with Crippen molar-refractivity contribution in [1.82, 2.24) is 4.90 Å². The molecular formula is C14H20BrNO. The molecule has 0 saturated heterocycles. The molecule has 1 aromatic rings. The van der Waals surface area contributed by atoms with Crippen LogP contribution in [0.1, 0.15) is 25.3 Å². The van der Waals surface area contributed by atoms with Crippen molar-refractivity contribution in [2.45, 2.75) is 26.2 Å². The topological polar surface area (TPSA) is 20.3 Å². The zero-order chi connectivity index (χ0) is 12.5. The summed E-state index contributed by atoms with van der Waals surface area (Å²) in [5.74, 6) is 0.267. The molecule has 0 aliphatic rings. The molecule has 0 spiro atoms. The van der Waals surface area contributed by atoms with Crippen molar-refractivity contribution < 1.29 is 4.79 Å². The van der Waals surface area contributed by atoms with Gasteiger partial charge in [-0.2, -0.15) is 0 Å². The number of hydrogen-bond donors (Lipinski definition) is 0. The third-order valence-corrected chi connectivity index (χ3v) is 3.14. The summed E-state index contributed by atoms with van der Waals surface area (Å²) in [5.41, 5.74) is 1.31. The van der Waals surface area contributed by atoms with Crippen molar-refractivity contribution in [3.8, 4) is 0 Å². The molecule has 94 valence electrons. The summed E-state index contributed by atoms with van der Waals surface area (Å²) in [6.45, 7) is 3.63. The van der Waals surface area contributed by atoms with E-state index < -0.39 is 0 Å². The van der Waals surface area contributed by atoms with Gasteiger partial charge in [0.15, 0.2) is 0 Å². The van der Waals surface area contributed by atoms with E-state index in [0.717, 1.165) is 31.3 Å². The molecule has 0 heterocycles. The zero-order valence-corrected chi connectivity index (χ0v) is 11.9. The Morgan fingerprint density at radius 1 is 1.29 bits per heavy atom. The average molecular weight is 298 g/mol. The highest BCUT2D eigenvalue weighted by atomic mass is 79.9. The quantitative estimate of drug-likeness (QED) is 0.708. The number of aryl methyl sites for hydroxylation is 1. The lowest BCUT2D eigenvalue weighted by Crippen LogP contribution is -2.32. The van der Waals surface area contributed by atoms with Gasteiger partial charge >= 0.3 is 0 Å². The Hall–Kier alpha value is -0.830. The number of nitrogens with zero attached hydrogens (tertiary/aromatic N) is 1. The van der Waals surface area contributed by atoms with Crippen LogP contribution in [0.4, 0.5) is 0 Å². The molecule has 0 radical (unpaired) electrons. The molecule has 2 nitrogen and oxygen atoms in total. The van der Waals surface area contributed by atoms with Crippen molar-refractivity contribution in [2.24, 2.45) is 0 Å². The predicted molar refractivity (Wildman–Crippen MR) is 75.4 cm³/mol. The van der Waals surface area contributed by atoms with Crippen LogP contribution in [-0.2, 0) is 11.2 Å². The highest BCUT2D eigenvalue weighted by molar-refractivity contribution is 9.09. The van der Waals surface area contributed by atoms with Crippen molar-refractivity contribution in [3.63, 3.8) is 0 Å². The summed E-state index contributed by atoms with van der Waals surface area (Å²) < 4.78 is 0. The monoisotopic (exact) mass is 297 g/mol. The molecular weight excluding hydrogens is 278 g/mol. The molecule has 0 aliphatic carbocycles. The molecule has 1 aromatic carbocycles. The Balaban J connectivity index is 2.28. The number of carbonyl (C=O) groups is 1. The van der Waals surface area contributed by atoms with E-state index in [2.05, 4.69) is 28.1 Å². The Labute approximate surface area is 112 Å². The highest BCUT2D eigenvalue weighted by Gasteiger charge is 2.09. The van der Waals surface area contributed by atoms with Crippen molar-refractivity contribution in [1.29, 1.82) is 0 Å². The maximum absolute atomic E-state index is 11.9. The second kappa shape index (κ2) is 8.29. The second-order valence-corrected chi connectivity index (χ2v) is 4.79. The number of benzene rings is 1. The highest BCUT2D eigenvalue weighted by Crippen LogP contribution is 2.06. The lowest BCUT2D eigenvalue weighted by atomic mass is 10.1. The summed E-state index contributed by atoms with van der Waals surface area (Å²) >= 11 is 3.37. The molecule has 17 heavy (non-hydrogen) atoms. The van der Waals surface area contributed by atoms with Gasteiger partial charge in [0.25, 0.3) is 0 Å². The largest absolute Gasteiger partial charge is 0.342 e. The lowest BCUT2D eigenvalue weighted by Gasteiger charge is -2.19. The third-order valence-electron chi connectivity index (χ3n) is 2.79. The van der Waals surface area contributed by atoms with Crippen LogP contribution in [0.5, 0.6) is 0 Å². The predicted octanol–water partition coefficient (Wildman–Crippen LogP) is 3.25. The Bertz CT molecular complexity index is 326. The first-order valence-electron chi connectivity index (χ1n) is 6.15. The summed E-state index contributed by atoms with van der Waals surface area (Å²) in [7, 11) is 0. The minimum absolute atomic E-state index is 0.267. The lowest BCUT2D eigenvalue weighted by molar-refractivity contribution is -0.130. The summed E-state index contributed by atoms with van der Waals surface area (Å²) in [4.78, 5) is 13.8. The van der Waals surface area contributed by atoms with Crippen molar-refractivity contribution >= 4 is 21.8 Å². The van der Waals surface area contributed by atoms with Crippen LogP contribution in [0.2, 0.25) is 0 Å². The molecule has 0 saturated carbocycles. The van der Waals surface area contributed by atoms with Crippen molar-refractivity contribution in [3.05, 3.63) is 35.9 Å². The van der Waals surface area contributed by atoms with Crippen LogP contribution in [0.15, 0.2) is 30.3 Å². The molecule has 0 atom stereocenters. The van der Waals surface area contributed by atoms with Crippen LogP contribution in [0.25, 0.3) is 0 Å². The molecule has 1 amide bonds. The third kappa shape index (κ3) is 5.35. The molecule has 0 aromatic heterocycles. The van der Waals surface area contributed by atoms with E-state index in [-0.39, 0.29) is 5.91 Å². The molecule has 0 aliphatic heterocycles. The maximum Gasteiger partial charge on any atom is 0.222 e. The first-order chi connectivity index (χ1) is 8.27. The van der Waals surface area contributed by atoms with E-state index in [0.29, 0.717) is 6.42 Å². The fraction of sp³-hybridized carbons (Fsp3) is 0.500. The summed E-state index contributed by atoms with van der Waals surface area (Å²) in [5, 5.41) is 0.852. The summed E-state index contributed by atoms with van der Waals surface area (Å²) in [6, 6.07) is 10.3. The van der Waals surface area contributed by atoms with Gasteiger partial charge in [0.2, 0.25) is 5.91 Å². The van der Waals surface area contributed by atoms with Gasteiger partial charge in [0.05, 0.1) is 0 Å². The van der Waals surface area contributed by atoms with Crippen LogP contribution < -0.4 is 0 Å². The molecule has 0 N–H and O–H groups in total. The molecule has 0 fully saturated rings. The van der Waals surface area contributed by atoms with E-state index in [1.54, 1.807) is 0 Å². The van der Waals surface area contributed by atoms with Gasteiger partial charge in [-0.1, -0.05) is 46.3 Å². The van der Waals surface area contributed by atoms with E-state index in [1.165, 1.54) is 5.56 Å². The molecule has 0 bridgehead atoms. The SMILES string of the molecule is CCN(CCBr)C(=O)CCCc1ccccc1. The van der Waals surface area contributed by atoms with Crippen molar-refractivity contribution in [2.75, 3.05) is 18.4 Å². The van der Waals surface area contributed by atoms with Crippen LogP contribution in [-0.4, -0.2) is 29.2 Å². The molecule has 0 unspecified atom stereocenters. The van der Waals surface area contributed by atoms with Gasteiger partial charge in [-0.05, 0) is 25.3 Å². The molecule has 1 rings (SSSR count). The number of amides is 1. The molecule has 3 heteroatoms. The summed E-state index contributed by atoms with van der Waals surface area (Å²) in [6.07, 6.45) is 2.57. The van der Waals surface area contributed by atoms with Gasteiger partial charge in [-0.3, -0.25) is 4.79 Å². The van der Waals surface area contributed by atoms with Crippen LogP contribution >= 0.6 is 15.9 Å². The number of halogens is 1. The maximum atomic E-state index is 11.9. The minimum Gasteiger partial charge on any atom is -0.342 e. The zero-order valence-electron chi connectivity index (χ0n) is 10.4. The fourth-order valence-electron chi connectivity index (χ4n) is 1.81. The number of alkyl halides is 1. The fourth-order valence-corrected chi connectivity index (χ4v) is 2.24. The normalized spacial score (nSPS) is 10.2. The minimum atomic E-state index is 0.267. The van der Waals surface area contributed by atoms with Gasteiger partial charge in [-0.15, -0.1) is 0 Å². The van der Waals surface area contributed by atoms with Gasteiger partial charge in [0, 0.05) is 24.8 Å². The first-order valence-corrected chi connectivity index (χ1v) is 7.27. The number of rotatable bonds is 7.